The fraction of sp³-hybridized carbons (Fsp3) is 0.400. The molecule has 2 aromatic rings. The van der Waals surface area contributed by atoms with E-state index in [2.05, 4.69) is 5.32 Å². The number of sulfonamides is 1. The first kappa shape index (κ1) is 22.0. The molecule has 10 heteroatoms. The van der Waals surface area contributed by atoms with Gasteiger partial charge in [0.2, 0.25) is 10.0 Å². The fourth-order valence-electron chi connectivity index (χ4n) is 3.09. The molecule has 1 aliphatic rings. The highest BCUT2D eigenvalue weighted by Crippen LogP contribution is 2.24. The molecule has 1 unspecified atom stereocenters. The highest BCUT2D eigenvalue weighted by Gasteiger charge is 2.30. The van der Waals surface area contributed by atoms with Gasteiger partial charge in [-0.25, -0.2) is 17.6 Å². The lowest BCUT2D eigenvalue weighted by atomic mass is 10.2. The first-order chi connectivity index (χ1) is 14.3. The average molecular weight is 438 g/mol. The standard InChI is InChI=1S/C20H23FN2O6S/c1-14(19(24)22-13-16-6-5-11-28-16)29-20(25)15-7-8-17(21)18(12-15)30(26,27)23-9-3-2-4-10-23/h5-8,11-12,14H,2-4,9-10,13H2,1H3,(H,22,24). The molecule has 1 atom stereocenters. The van der Waals surface area contributed by atoms with Crippen LogP contribution in [0.1, 0.15) is 42.3 Å². The summed E-state index contributed by atoms with van der Waals surface area (Å²) in [7, 11) is -4.07. The van der Waals surface area contributed by atoms with Gasteiger partial charge in [0, 0.05) is 13.1 Å². The predicted octanol–water partition coefficient (Wildman–Crippen LogP) is 2.46. The summed E-state index contributed by atoms with van der Waals surface area (Å²) >= 11 is 0. The van der Waals surface area contributed by atoms with Gasteiger partial charge in [0.1, 0.15) is 16.5 Å². The van der Waals surface area contributed by atoms with Crippen LogP contribution in [0.2, 0.25) is 0 Å². The molecule has 2 heterocycles. The molecule has 0 saturated carbocycles. The summed E-state index contributed by atoms with van der Waals surface area (Å²) in [4.78, 5) is 23.9. The molecule has 1 amide bonds. The van der Waals surface area contributed by atoms with Crippen LogP contribution < -0.4 is 5.32 Å². The molecule has 0 spiro atoms. The Bertz CT molecular complexity index is 1000. The summed E-state index contributed by atoms with van der Waals surface area (Å²) < 4.78 is 51.2. The van der Waals surface area contributed by atoms with Crippen molar-refractivity contribution in [2.45, 2.75) is 43.7 Å². The van der Waals surface area contributed by atoms with Gasteiger partial charge in [0.05, 0.1) is 18.4 Å². The monoisotopic (exact) mass is 438 g/mol. The zero-order valence-electron chi connectivity index (χ0n) is 16.5. The van der Waals surface area contributed by atoms with Gasteiger partial charge < -0.3 is 14.5 Å². The van der Waals surface area contributed by atoms with Gasteiger partial charge in [0.25, 0.3) is 5.91 Å². The molecule has 1 aliphatic heterocycles. The molecule has 1 aromatic carbocycles. The van der Waals surface area contributed by atoms with Gasteiger partial charge in [-0.2, -0.15) is 4.31 Å². The first-order valence-corrected chi connectivity index (χ1v) is 11.0. The number of halogens is 1. The molecule has 0 bridgehead atoms. The Morgan fingerprint density at radius 1 is 1.23 bits per heavy atom. The van der Waals surface area contributed by atoms with Crippen LogP contribution in [0, 0.1) is 5.82 Å². The zero-order valence-corrected chi connectivity index (χ0v) is 17.3. The van der Waals surface area contributed by atoms with Crippen LogP contribution in [0.3, 0.4) is 0 Å². The Morgan fingerprint density at radius 2 is 1.97 bits per heavy atom. The van der Waals surface area contributed by atoms with E-state index in [0.29, 0.717) is 31.7 Å². The number of piperidine rings is 1. The van der Waals surface area contributed by atoms with Gasteiger partial charge in [-0.3, -0.25) is 4.79 Å². The van der Waals surface area contributed by atoms with Crippen molar-refractivity contribution in [2.75, 3.05) is 13.1 Å². The summed E-state index contributed by atoms with van der Waals surface area (Å²) in [6.45, 7) is 2.12. The molecule has 30 heavy (non-hydrogen) atoms. The smallest absolute Gasteiger partial charge is 0.338 e. The lowest BCUT2D eigenvalue weighted by Crippen LogP contribution is -2.36. The molecular weight excluding hydrogens is 415 g/mol. The maximum atomic E-state index is 14.3. The lowest BCUT2D eigenvalue weighted by Gasteiger charge is -2.26. The van der Waals surface area contributed by atoms with E-state index in [4.69, 9.17) is 9.15 Å². The Kier molecular flexibility index (Phi) is 6.88. The fourth-order valence-corrected chi connectivity index (χ4v) is 4.69. The molecule has 8 nitrogen and oxygen atoms in total. The minimum Gasteiger partial charge on any atom is -0.467 e. The third kappa shape index (κ3) is 5.06. The third-order valence-electron chi connectivity index (χ3n) is 4.77. The minimum atomic E-state index is -4.07. The normalized spacial score (nSPS) is 16.1. The summed E-state index contributed by atoms with van der Waals surface area (Å²) in [6.07, 6.45) is 2.65. The van der Waals surface area contributed by atoms with E-state index >= 15 is 0 Å². The molecule has 1 fully saturated rings. The van der Waals surface area contributed by atoms with Crippen LogP contribution in [-0.2, 0) is 26.1 Å². The summed E-state index contributed by atoms with van der Waals surface area (Å²) in [5.41, 5.74) is -0.155. The third-order valence-corrected chi connectivity index (χ3v) is 6.68. The van der Waals surface area contributed by atoms with Crippen molar-refractivity contribution in [1.82, 2.24) is 9.62 Å². The van der Waals surface area contributed by atoms with Crippen LogP contribution in [0.25, 0.3) is 0 Å². The maximum absolute atomic E-state index is 14.3. The van der Waals surface area contributed by atoms with Gasteiger partial charge in [-0.15, -0.1) is 0 Å². The summed E-state index contributed by atoms with van der Waals surface area (Å²) in [5, 5.41) is 2.56. The SMILES string of the molecule is CC(OC(=O)c1ccc(F)c(S(=O)(=O)N2CCCCC2)c1)C(=O)NCc1ccco1. The van der Waals surface area contributed by atoms with E-state index < -0.39 is 38.7 Å². The lowest BCUT2D eigenvalue weighted by molar-refractivity contribution is -0.129. The van der Waals surface area contributed by atoms with E-state index in [1.54, 1.807) is 12.1 Å². The van der Waals surface area contributed by atoms with Crippen molar-refractivity contribution >= 4 is 21.9 Å². The van der Waals surface area contributed by atoms with Gasteiger partial charge in [-0.05, 0) is 50.1 Å². The van der Waals surface area contributed by atoms with Crippen molar-refractivity contribution in [3.8, 4) is 0 Å². The number of amides is 1. The van der Waals surface area contributed by atoms with Crippen LogP contribution in [-0.4, -0.2) is 43.8 Å². The number of esters is 1. The van der Waals surface area contributed by atoms with Crippen molar-refractivity contribution in [2.24, 2.45) is 0 Å². The number of nitrogens with zero attached hydrogens (tertiary/aromatic N) is 1. The second-order valence-electron chi connectivity index (χ2n) is 6.95. The summed E-state index contributed by atoms with van der Waals surface area (Å²) in [6, 6.07) is 6.35. The highest BCUT2D eigenvalue weighted by atomic mass is 32.2. The number of benzene rings is 1. The number of rotatable bonds is 7. The molecule has 1 aromatic heterocycles. The maximum Gasteiger partial charge on any atom is 0.338 e. The van der Waals surface area contributed by atoms with E-state index in [1.165, 1.54) is 17.5 Å². The minimum absolute atomic E-state index is 0.127. The number of hydrogen-bond acceptors (Lipinski definition) is 6. The molecular formula is C20H23FN2O6S. The van der Waals surface area contributed by atoms with E-state index in [1.807, 2.05) is 0 Å². The molecule has 162 valence electrons. The highest BCUT2D eigenvalue weighted by molar-refractivity contribution is 7.89. The number of carbonyl (C=O) groups excluding carboxylic acids is 2. The van der Waals surface area contributed by atoms with E-state index in [0.717, 1.165) is 24.6 Å². The zero-order chi connectivity index (χ0) is 21.7. The molecule has 1 N–H and O–H groups in total. The Labute approximate surface area is 174 Å². The van der Waals surface area contributed by atoms with Gasteiger partial charge in [0.15, 0.2) is 6.10 Å². The van der Waals surface area contributed by atoms with Crippen molar-refractivity contribution in [3.05, 3.63) is 53.7 Å². The van der Waals surface area contributed by atoms with Crippen molar-refractivity contribution in [3.63, 3.8) is 0 Å². The second kappa shape index (κ2) is 9.40. The van der Waals surface area contributed by atoms with Gasteiger partial charge >= 0.3 is 5.97 Å². The number of hydrogen-bond donors (Lipinski definition) is 1. The van der Waals surface area contributed by atoms with Crippen LogP contribution in [0.15, 0.2) is 45.9 Å². The van der Waals surface area contributed by atoms with Crippen LogP contribution in [0.4, 0.5) is 4.39 Å². The number of carbonyl (C=O) groups is 2. The molecule has 0 aliphatic carbocycles. The largest absolute Gasteiger partial charge is 0.467 e. The molecule has 0 radical (unpaired) electrons. The second-order valence-corrected chi connectivity index (χ2v) is 8.86. The number of furan rings is 1. The van der Waals surface area contributed by atoms with Crippen LogP contribution >= 0.6 is 0 Å². The first-order valence-electron chi connectivity index (χ1n) is 9.60. The Hall–Kier alpha value is -2.72. The molecule has 1 saturated heterocycles. The van der Waals surface area contributed by atoms with Crippen LogP contribution in [0.5, 0.6) is 0 Å². The average Bonchev–Trinajstić information content (AvgIpc) is 3.26. The van der Waals surface area contributed by atoms with Gasteiger partial charge in [-0.1, -0.05) is 6.42 Å². The topological polar surface area (TPSA) is 106 Å². The number of ether oxygens (including phenoxy) is 1. The Balaban J connectivity index is 1.68. The quantitative estimate of drug-likeness (QED) is 0.666. The predicted molar refractivity (Wildman–Crippen MR) is 104 cm³/mol. The molecule has 3 rings (SSSR count). The summed E-state index contributed by atoms with van der Waals surface area (Å²) in [5.74, 6) is -1.89. The van der Waals surface area contributed by atoms with E-state index in [9.17, 15) is 22.4 Å². The number of nitrogens with one attached hydrogen (secondary N) is 1. The van der Waals surface area contributed by atoms with Crippen molar-refractivity contribution < 1.29 is 31.6 Å². The van der Waals surface area contributed by atoms with E-state index in [-0.39, 0.29) is 12.1 Å². The van der Waals surface area contributed by atoms with Crippen molar-refractivity contribution in [1.29, 1.82) is 0 Å². The Morgan fingerprint density at radius 3 is 2.63 bits per heavy atom.